The Morgan fingerprint density at radius 3 is 2.67 bits per heavy atom. The van der Waals surface area contributed by atoms with Crippen molar-refractivity contribution in [3.05, 3.63) is 23.0 Å². The van der Waals surface area contributed by atoms with Crippen molar-refractivity contribution >= 4 is 39.9 Å². The van der Waals surface area contributed by atoms with Gasteiger partial charge in [-0.25, -0.2) is 0 Å². The van der Waals surface area contributed by atoms with Gasteiger partial charge in [0.2, 0.25) is 11.0 Å². The van der Waals surface area contributed by atoms with E-state index >= 15 is 0 Å². The first-order valence-corrected chi connectivity index (χ1v) is 8.08. The van der Waals surface area contributed by atoms with Gasteiger partial charge in [0.25, 0.3) is 0 Å². The van der Waals surface area contributed by atoms with Gasteiger partial charge < -0.3 is 9.88 Å². The van der Waals surface area contributed by atoms with Crippen LogP contribution >= 0.6 is 23.1 Å². The fourth-order valence-corrected chi connectivity index (χ4v) is 3.49. The molecular weight excluding hydrogens is 308 g/mol. The number of nitrogens with one attached hydrogen (secondary N) is 1. The monoisotopic (exact) mass is 324 g/mol. The molecule has 6 nitrogen and oxygen atoms in total. The molecule has 0 saturated heterocycles. The van der Waals surface area contributed by atoms with Crippen molar-refractivity contribution in [1.29, 1.82) is 0 Å². The van der Waals surface area contributed by atoms with Gasteiger partial charge in [0.1, 0.15) is 0 Å². The van der Waals surface area contributed by atoms with Gasteiger partial charge in [-0.05, 0) is 19.9 Å². The first-order valence-electron chi connectivity index (χ1n) is 6.28. The summed E-state index contributed by atoms with van der Waals surface area (Å²) in [4.78, 5) is 23.2. The Hall–Kier alpha value is -1.67. The summed E-state index contributed by atoms with van der Waals surface area (Å²) in [5, 5.41) is 10.8. The minimum atomic E-state index is -0.186. The number of anilines is 1. The second kappa shape index (κ2) is 6.40. The number of carbonyl (C=O) groups is 2. The van der Waals surface area contributed by atoms with Crippen LogP contribution in [-0.4, -0.2) is 32.2 Å². The molecule has 0 bridgehead atoms. The summed E-state index contributed by atoms with van der Waals surface area (Å²) in [5.41, 5.74) is 2.77. The molecule has 2 aromatic heterocycles. The normalized spacial score (nSPS) is 10.7. The van der Waals surface area contributed by atoms with E-state index in [1.165, 1.54) is 30.0 Å². The Morgan fingerprint density at radius 2 is 2.10 bits per heavy atom. The van der Waals surface area contributed by atoms with Crippen LogP contribution < -0.4 is 5.32 Å². The van der Waals surface area contributed by atoms with E-state index in [4.69, 9.17) is 0 Å². The Kier molecular flexibility index (Phi) is 4.79. The number of hydrogen-bond donors (Lipinski definition) is 1. The van der Waals surface area contributed by atoms with Gasteiger partial charge in [0.15, 0.2) is 10.1 Å². The number of hydrogen-bond acceptors (Lipinski definition) is 6. The third-order valence-electron chi connectivity index (χ3n) is 3.09. The Balaban J connectivity index is 1.99. The number of ketones is 1. The summed E-state index contributed by atoms with van der Waals surface area (Å²) in [5.74, 6) is 0.186. The lowest BCUT2D eigenvalue weighted by molar-refractivity contribution is -0.114. The minimum absolute atomic E-state index is 0.0671. The van der Waals surface area contributed by atoms with E-state index in [1.54, 1.807) is 0 Å². The third kappa shape index (κ3) is 3.70. The topological polar surface area (TPSA) is 76.9 Å². The van der Waals surface area contributed by atoms with Crippen LogP contribution in [0.1, 0.15) is 28.7 Å². The summed E-state index contributed by atoms with van der Waals surface area (Å²) in [6.45, 7) is 5.32. The molecule has 0 aliphatic carbocycles. The predicted octanol–water partition coefficient (Wildman–Crippen LogP) is 2.43. The highest BCUT2D eigenvalue weighted by molar-refractivity contribution is 8.01. The molecule has 8 heteroatoms. The first kappa shape index (κ1) is 15.7. The zero-order valence-corrected chi connectivity index (χ0v) is 13.9. The van der Waals surface area contributed by atoms with Crippen molar-refractivity contribution in [1.82, 2.24) is 14.8 Å². The van der Waals surface area contributed by atoms with Gasteiger partial charge in [-0.1, -0.05) is 23.1 Å². The number of aryl methyl sites for hydroxylation is 1. The molecule has 0 aromatic carbocycles. The SMILES string of the molecule is CC(=O)Nc1nnc(SCC(=O)c2cc(C)n(C)c2C)s1. The van der Waals surface area contributed by atoms with Crippen molar-refractivity contribution in [3.63, 3.8) is 0 Å². The van der Waals surface area contributed by atoms with Crippen LogP contribution in [0.3, 0.4) is 0 Å². The van der Waals surface area contributed by atoms with Gasteiger partial charge in [0, 0.05) is 30.9 Å². The highest BCUT2D eigenvalue weighted by Gasteiger charge is 2.15. The molecule has 2 heterocycles. The number of amides is 1. The van der Waals surface area contributed by atoms with Crippen LogP contribution in [0.5, 0.6) is 0 Å². The number of aromatic nitrogens is 3. The number of carbonyl (C=O) groups excluding carboxylic acids is 2. The van der Waals surface area contributed by atoms with E-state index in [-0.39, 0.29) is 11.7 Å². The van der Waals surface area contributed by atoms with Crippen molar-refractivity contribution in [2.75, 3.05) is 11.1 Å². The fraction of sp³-hybridized carbons (Fsp3) is 0.385. The molecule has 1 amide bonds. The zero-order chi connectivity index (χ0) is 15.6. The van der Waals surface area contributed by atoms with Crippen molar-refractivity contribution < 1.29 is 9.59 Å². The third-order valence-corrected chi connectivity index (χ3v) is 5.06. The maximum absolute atomic E-state index is 12.2. The molecule has 0 fully saturated rings. The van der Waals surface area contributed by atoms with E-state index in [1.807, 2.05) is 31.5 Å². The Labute approximate surface area is 131 Å². The lowest BCUT2D eigenvalue weighted by Gasteiger charge is -2.01. The highest BCUT2D eigenvalue weighted by Crippen LogP contribution is 2.26. The van der Waals surface area contributed by atoms with E-state index in [0.29, 0.717) is 15.2 Å². The number of Topliss-reactive ketones (excluding diaryl/α,β-unsaturated/α-hetero) is 1. The summed E-state index contributed by atoms with van der Waals surface area (Å²) in [7, 11) is 1.94. The Bertz CT molecular complexity index is 690. The number of rotatable bonds is 5. The van der Waals surface area contributed by atoms with Crippen LogP contribution in [0.2, 0.25) is 0 Å². The molecule has 21 heavy (non-hydrogen) atoms. The lowest BCUT2D eigenvalue weighted by atomic mass is 10.2. The van der Waals surface area contributed by atoms with Crippen LogP contribution in [0.4, 0.5) is 5.13 Å². The van der Waals surface area contributed by atoms with Gasteiger partial charge >= 0.3 is 0 Å². The van der Waals surface area contributed by atoms with Crippen LogP contribution in [-0.2, 0) is 11.8 Å². The largest absolute Gasteiger partial charge is 0.351 e. The molecule has 0 radical (unpaired) electrons. The highest BCUT2D eigenvalue weighted by atomic mass is 32.2. The molecule has 0 aliphatic rings. The van der Waals surface area contributed by atoms with E-state index in [9.17, 15) is 9.59 Å². The molecule has 112 valence electrons. The average Bonchev–Trinajstić information content (AvgIpc) is 2.96. The molecule has 0 spiro atoms. The van der Waals surface area contributed by atoms with E-state index in [2.05, 4.69) is 15.5 Å². The van der Waals surface area contributed by atoms with E-state index in [0.717, 1.165) is 17.0 Å². The van der Waals surface area contributed by atoms with Crippen LogP contribution in [0.15, 0.2) is 10.4 Å². The van der Waals surface area contributed by atoms with Gasteiger partial charge in [-0.15, -0.1) is 10.2 Å². The zero-order valence-electron chi connectivity index (χ0n) is 12.3. The number of thioether (sulfide) groups is 1. The Morgan fingerprint density at radius 1 is 1.38 bits per heavy atom. The second-order valence-corrected chi connectivity index (χ2v) is 6.81. The van der Waals surface area contributed by atoms with Crippen LogP contribution in [0, 0.1) is 13.8 Å². The van der Waals surface area contributed by atoms with E-state index < -0.39 is 0 Å². The quantitative estimate of drug-likeness (QED) is 0.519. The van der Waals surface area contributed by atoms with Gasteiger partial charge in [-0.2, -0.15) is 0 Å². The molecule has 2 aromatic rings. The molecule has 0 unspecified atom stereocenters. The minimum Gasteiger partial charge on any atom is -0.351 e. The first-order chi connectivity index (χ1) is 9.88. The maximum atomic E-state index is 12.2. The fourth-order valence-electron chi connectivity index (χ4n) is 1.81. The van der Waals surface area contributed by atoms with Crippen molar-refractivity contribution in [3.8, 4) is 0 Å². The molecule has 0 saturated carbocycles. The molecule has 1 N–H and O–H groups in total. The molecular formula is C13H16N4O2S2. The summed E-state index contributed by atoms with van der Waals surface area (Å²) in [6.07, 6.45) is 0. The summed E-state index contributed by atoms with van der Waals surface area (Å²) >= 11 is 2.59. The number of nitrogens with zero attached hydrogens (tertiary/aromatic N) is 3. The summed E-state index contributed by atoms with van der Waals surface area (Å²) < 4.78 is 2.66. The molecule has 2 rings (SSSR count). The predicted molar refractivity (Wildman–Crippen MR) is 84.2 cm³/mol. The molecule has 0 aliphatic heterocycles. The average molecular weight is 324 g/mol. The second-order valence-electron chi connectivity index (χ2n) is 4.61. The van der Waals surface area contributed by atoms with Gasteiger partial charge in [-0.3, -0.25) is 9.59 Å². The van der Waals surface area contributed by atoms with Crippen molar-refractivity contribution in [2.24, 2.45) is 7.05 Å². The van der Waals surface area contributed by atoms with Crippen molar-refractivity contribution in [2.45, 2.75) is 25.1 Å². The molecule has 0 atom stereocenters. The van der Waals surface area contributed by atoms with Gasteiger partial charge in [0.05, 0.1) is 5.75 Å². The standard InChI is InChI=1S/C13H16N4O2S2/c1-7-5-10(8(2)17(7)4)11(19)6-20-13-16-15-12(21-13)14-9(3)18/h5H,6H2,1-4H3,(H,14,15,18). The summed E-state index contributed by atoms with van der Waals surface area (Å²) in [6, 6.07) is 1.90. The maximum Gasteiger partial charge on any atom is 0.223 e. The lowest BCUT2D eigenvalue weighted by Crippen LogP contribution is -2.04. The smallest absolute Gasteiger partial charge is 0.223 e. The van der Waals surface area contributed by atoms with Crippen LogP contribution in [0.25, 0.3) is 0 Å².